The smallest absolute Gasteiger partial charge is 0.313 e. The van der Waals surface area contributed by atoms with Crippen molar-refractivity contribution in [2.75, 3.05) is 32.2 Å². The minimum Gasteiger partial charge on any atom is -0.497 e. The number of aryl methyl sites for hydroxylation is 1. The summed E-state index contributed by atoms with van der Waals surface area (Å²) in [4.78, 5) is 35.3. The second-order valence-corrected chi connectivity index (χ2v) is 7.51. The number of amides is 2. The minimum atomic E-state index is -0.875. The number of benzene rings is 2. The van der Waals surface area contributed by atoms with Gasteiger partial charge in [0.05, 0.1) is 17.7 Å². The van der Waals surface area contributed by atoms with Gasteiger partial charge in [-0.1, -0.05) is 18.2 Å². The average molecular weight is 427 g/mol. The lowest BCUT2D eigenvalue weighted by Gasteiger charge is -2.38. The number of hydrogen-bond acceptors (Lipinski definition) is 6. The topological polar surface area (TPSA) is 120 Å². The zero-order valence-corrected chi connectivity index (χ0v) is 17.5. The fraction of sp³-hybridized carbons (Fsp3) is 0.364. The third kappa shape index (κ3) is 5.18. The van der Waals surface area contributed by atoms with Crippen LogP contribution in [0.3, 0.4) is 0 Å². The Bertz CT molecular complexity index is 968. The number of nitrogens with one attached hydrogen (secondary N) is 2. The molecule has 0 saturated carbocycles. The molecule has 2 aromatic carbocycles. The number of rotatable bonds is 6. The summed E-state index contributed by atoms with van der Waals surface area (Å²) in [5, 5.41) is 16.2. The van der Waals surface area contributed by atoms with Gasteiger partial charge in [0.2, 0.25) is 0 Å². The molecule has 1 aliphatic rings. The molecule has 0 aromatic heterocycles. The number of nitro groups is 1. The van der Waals surface area contributed by atoms with E-state index in [1.54, 1.807) is 14.0 Å². The molecule has 1 saturated heterocycles. The summed E-state index contributed by atoms with van der Waals surface area (Å²) < 4.78 is 10.7. The zero-order chi connectivity index (χ0) is 22.4. The molecule has 0 radical (unpaired) electrons. The van der Waals surface area contributed by atoms with Crippen molar-refractivity contribution >= 4 is 23.2 Å². The van der Waals surface area contributed by atoms with Crippen LogP contribution in [0, 0.1) is 17.0 Å². The Kier molecular flexibility index (Phi) is 6.86. The predicted molar refractivity (Wildman–Crippen MR) is 114 cm³/mol. The molecule has 164 valence electrons. The first kappa shape index (κ1) is 22.2. The highest BCUT2D eigenvalue weighted by Gasteiger charge is 2.35. The molecule has 1 aliphatic heterocycles. The number of nitrogens with zero attached hydrogens (tertiary/aromatic N) is 1. The molecule has 0 spiro atoms. The highest BCUT2D eigenvalue weighted by Crippen LogP contribution is 2.35. The Morgan fingerprint density at radius 2 is 1.81 bits per heavy atom. The lowest BCUT2D eigenvalue weighted by Crippen LogP contribution is -2.47. The number of non-ortho nitro benzene ring substituents is 1. The van der Waals surface area contributed by atoms with Crippen molar-refractivity contribution in [1.82, 2.24) is 5.32 Å². The van der Waals surface area contributed by atoms with Crippen LogP contribution in [0.4, 0.5) is 11.4 Å². The van der Waals surface area contributed by atoms with E-state index < -0.39 is 16.7 Å². The van der Waals surface area contributed by atoms with Crippen LogP contribution in [0.25, 0.3) is 0 Å². The van der Waals surface area contributed by atoms with Gasteiger partial charge in [-0.3, -0.25) is 19.7 Å². The zero-order valence-electron chi connectivity index (χ0n) is 17.5. The van der Waals surface area contributed by atoms with E-state index in [0.717, 1.165) is 11.3 Å². The molecule has 9 nitrogen and oxygen atoms in total. The van der Waals surface area contributed by atoms with Crippen molar-refractivity contribution in [3.8, 4) is 5.75 Å². The van der Waals surface area contributed by atoms with Gasteiger partial charge in [-0.15, -0.1) is 0 Å². The maximum Gasteiger partial charge on any atom is 0.313 e. The fourth-order valence-electron chi connectivity index (χ4n) is 3.64. The molecule has 1 fully saturated rings. The second-order valence-electron chi connectivity index (χ2n) is 7.51. The Morgan fingerprint density at radius 3 is 2.42 bits per heavy atom. The lowest BCUT2D eigenvalue weighted by molar-refractivity contribution is -0.384. The largest absolute Gasteiger partial charge is 0.497 e. The van der Waals surface area contributed by atoms with Crippen LogP contribution in [0.1, 0.15) is 24.0 Å². The lowest BCUT2D eigenvalue weighted by atomic mass is 9.74. The normalized spacial score (nSPS) is 15.0. The molecular weight excluding hydrogens is 402 g/mol. The maximum absolute atomic E-state index is 12.5. The highest BCUT2D eigenvalue weighted by atomic mass is 16.6. The van der Waals surface area contributed by atoms with E-state index >= 15 is 0 Å². The van der Waals surface area contributed by atoms with Crippen LogP contribution < -0.4 is 15.4 Å². The first-order valence-electron chi connectivity index (χ1n) is 9.91. The first-order chi connectivity index (χ1) is 14.8. The number of carbonyl (C=O) groups excluding carboxylic acids is 2. The summed E-state index contributed by atoms with van der Waals surface area (Å²) in [6, 6.07) is 11.8. The van der Waals surface area contributed by atoms with Gasteiger partial charge in [0.25, 0.3) is 5.69 Å². The van der Waals surface area contributed by atoms with Crippen LogP contribution in [0.5, 0.6) is 5.75 Å². The average Bonchev–Trinajstić information content (AvgIpc) is 2.79. The minimum absolute atomic E-state index is 0.165. The number of ether oxygens (including phenoxy) is 2. The van der Waals surface area contributed by atoms with Gasteiger partial charge in [-0.2, -0.15) is 0 Å². The molecule has 2 amide bonds. The van der Waals surface area contributed by atoms with Crippen LogP contribution in [0.2, 0.25) is 0 Å². The molecule has 31 heavy (non-hydrogen) atoms. The molecule has 0 bridgehead atoms. The van der Waals surface area contributed by atoms with E-state index in [-0.39, 0.29) is 23.3 Å². The van der Waals surface area contributed by atoms with E-state index in [4.69, 9.17) is 9.47 Å². The summed E-state index contributed by atoms with van der Waals surface area (Å²) in [5.74, 6) is -0.937. The van der Waals surface area contributed by atoms with Crippen molar-refractivity contribution in [2.24, 2.45) is 0 Å². The van der Waals surface area contributed by atoms with Crippen molar-refractivity contribution < 1.29 is 24.0 Å². The fourth-order valence-corrected chi connectivity index (χ4v) is 3.64. The number of anilines is 1. The number of carbonyl (C=O) groups is 2. The summed E-state index contributed by atoms with van der Waals surface area (Å²) >= 11 is 0. The predicted octanol–water partition coefficient (Wildman–Crippen LogP) is 2.71. The molecule has 9 heteroatoms. The third-order valence-corrected chi connectivity index (χ3v) is 5.63. The van der Waals surface area contributed by atoms with Gasteiger partial charge >= 0.3 is 11.8 Å². The summed E-state index contributed by atoms with van der Waals surface area (Å²) in [5.41, 5.74) is 1.35. The SMILES string of the molecule is COc1ccc(C2(CNC(=O)C(=O)Nc3cc([N+](=O)[O-])ccc3C)CCOCC2)cc1. The van der Waals surface area contributed by atoms with Crippen molar-refractivity contribution in [1.29, 1.82) is 0 Å². The van der Waals surface area contributed by atoms with Gasteiger partial charge < -0.3 is 20.1 Å². The third-order valence-electron chi connectivity index (χ3n) is 5.63. The van der Waals surface area contributed by atoms with Crippen LogP contribution >= 0.6 is 0 Å². The van der Waals surface area contributed by atoms with E-state index in [2.05, 4.69) is 10.6 Å². The Hall–Kier alpha value is -3.46. The molecular formula is C22H25N3O6. The molecule has 2 N–H and O–H groups in total. The quantitative estimate of drug-likeness (QED) is 0.416. The van der Waals surface area contributed by atoms with Gasteiger partial charge in [0.1, 0.15) is 5.75 Å². The molecule has 1 heterocycles. The van der Waals surface area contributed by atoms with Gasteiger partial charge in [-0.25, -0.2) is 0 Å². The summed E-state index contributed by atoms with van der Waals surface area (Å²) in [7, 11) is 1.60. The Balaban J connectivity index is 1.70. The summed E-state index contributed by atoms with van der Waals surface area (Å²) in [6.07, 6.45) is 1.40. The number of methoxy groups -OCH3 is 1. The molecule has 0 unspecified atom stereocenters. The molecule has 0 atom stereocenters. The number of nitro benzene ring substituents is 1. The monoisotopic (exact) mass is 427 g/mol. The van der Waals surface area contributed by atoms with Gasteiger partial charge in [0.15, 0.2) is 0 Å². The Morgan fingerprint density at radius 1 is 1.13 bits per heavy atom. The van der Waals surface area contributed by atoms with E-state index in [0.29, 0.717) is 31.6 Å². The molecule has 0 aliphatic carbocycles. The van der Waals surface area contributed by atoms with Gasteiger partial charge in [-0.05, 0) is 43.0 Å². The second kappa shape index (κ2) is 9.57. The number of hydrogen-bond donors (Lipinski definition) is 2. The van der Waals surface area contributed by atoms with Crippen LogP contribution in [-0.4, -0.2) is 43.6 Å². The molecule has 3 rings (SSSR count). The van der Waals surface area contributed by atoms with Crippen molar-refractivity contribution in [2.45, 2.75) is 25.2 Å². The van der Waals surface area contributed by atoms with E-state index in [1.165, 1.54) is 18.2 Å². The van der Waals surface area contributed by atoms with Crippen LogP contribution in [-0.2, 0) is 19.7 Å². The highest BCUT2D eigenvalue weighted by molar-refractivity contribution is 6.39. The summed E-state index contributed by atoms with van der Waals surface area (Å²) in [6.45, 7) is 3.07. The van der Waals surface area contributed by atoms with E-state index in [1.807, 2.05) is 24.3 Å². The maximum atomic E-state index is 12.5. The van der Waals surface area contributed by atoms with Crippen molar-refractivity contribution in [3.63, 3.8) is 0 Å². The molecule has 2 aromatic rings. The van der Waals surface area contributed by atoms with Crippen LogP contribution in [0.15, 0.2) is 42.5 Å². The van der Waals surface area contributed by atoms with Gasteiger partial charge in [0, 0.05) is 37.3 Å². The first-order valence-corrected chi connectivity index (χ1v) is 9.91. The standard InChI is InChI=1S/C22H25N3O6/c1-15-3-6-17(25(28)29)13-19(15)24-21(27)20(26)23-14-22(9-11-31-12-10-22)16-4-7-18(30-2)8-5-16/h3-8,13H,9-12,14H2,1-2H3,(H,23,26)(H,24,27). The Labute approximate surface area is 179 Å². The van der Waals surface area contributed by atoms with Crippen molar-refractivity contribution in [3.05, 3.63) is 63.7 Å². The van der Waals surface area contributed by atoms with E-state index in [9.17, 15) is 19.7 Å².